The van der Waals surface area contributed by atoms with Crippen LogP contribution in [-0.2, 0) is 15.7 Å². The van der Waals surface area contributed by atoms with E-state index in [4.69, 9.17) is 14.9 Å². The minimum absolute atomic E-state index is 0.0342. The van der Waals surface area contributed by atoms with Gasteiger partial charge >= 0.3 is 6.09 Å². The van der Waals surface area contributed by atoms with Crippen molar-refractivity contribution in [3.8, 4) is 0 Å². The summed E-state index contributed by atoms with van der Waals surface area (Å²) in [6, 6.07) is 13.0. The highest BCUT2D eigenvalue weighted by molar-refractivity contribution is 6.74. The van der Waals surface area contributed by atoms with Gasteiger partial charge in [-0.2, -0.15) is 0 Å². The summed E-state index contributed by atoms with van der Waals surface area (Å²) in [7, 11) is 1.42. The average molecular weight is 546 g/mol. The van der Waals surface area contributed by atoms with Crippen molar-refractivity contribution < 1.29 is 18.3 Å². The summed E-state index contributed by atoms with van der Waals surface area (Å²) in [6.45, 7) is 17.5. The first-order chi connectivity index (χ1) is 17.4. The molecule has 0 aliphatic rings. The number of rotatable bonds is 10. The van der Waals surface area contributed by atoms with Crippen LogP contribution in [0.2, 0.25) is 18.1 Å². The lowest BCUT2D eigenvalue weighted by atomic mass is 10.0. The summed E-state index contributed by atoms with van der Waals surface area (Å²) in [5.41, 5.74) is 9.10. The number of ether oxygens (including phenoxy) is 1. The van der Waals surface area contributed by atoms with Gasteiger partial charge in [-0.15, -0.1) is 0 Å². The number of nitrogens with zero attached hydrogens (tertiary/aromatic N) is 2. The zero-order chi connectivity index (χ0) is 28.9. The predicted octanol–water partition coefficient (Wildman–Crippen LogP) is 7.75. The lowest BCUT2D eigenvalue weighted by molar-refractivity contribution is 0.0290. The molecule has 1 atom stereocenters. The standard InChI is InChI=1S/C30H48FN3O3Si/c1-29(2,3)36-28(35)33(7)18-14-17-26(37-38(9,10)30(4,5)6)24-19-23(31)20-25(27(24)32)34(8)21-22-15-12-11-13-16-22/h11-13,15-16,19-20,26H,14,17-18,21,32H2,1-10H3. The summed E-state index contributed by atoms with van der Waals surface area (Å²) in [4.78, 5) is 16.0. The third kappa shape index (κ3) is 9.01. The first-order valence-electron chi connectivity index (χ1n) is 13.4. The van der Waals surface area contributed by atoms with Gasteiger partial charge in [-0.05, 0) is 69.4 Å². The number of nitrogens with two attached hydrogens (primary N) is 1. The summed E-state index contributed by atoms with van der Waals surface area (Å²) < 4.78 is 27.4. The lowest BCUT2D eigenvalue weighted by Gasteiger charge is -2.40. The van der Waals surface area contributed by atoms with Crippen LogP contribution in [0, 0.1) is 5.82 Å². The summed E-state index contributed by atoms with van der Waals surface area (Å²) >= 11 is 0. The maximum absolute atomic E-state index is 15.1. The van der Waals surface area contributed by atoms with E-state index in [0.29, 0.717) is 42.9 Å². The number of benzene rings is 2. The topological polar surface area (TPSA) is 68.0 Å². The van der Waals surface area contributed by atoms with Crippen LogP contribution in [0.3, 0.4) is 0 Å². The largest absolute Gasteiger partial charge is 0.444 e. The van der Waals surface area contributed by atoms with Gasteiger partial charge in [0.1, 0.15) is 11.4 Å². The number of carbonyl (C=O) groups excluding carboxylic acids is 1. The Hall–Kier alpha value is -2.58. The Bertz CT molecular complexity index is 1060. The van der Waals surface area contributed by atoms with E-state index >= 15 is 4.39 Å². The predicted molar refractivity (Wildman–Crippen MR) is 158 cm³/mol. The number of nitrogen functional groups attached to an aromatic ring is 1. The van der Waals surface area contributed by atoms with Crippen molar-refractivity contribution in [2.24, 2.45) is 0 Å². The zero-order valence-corrected chi connectivity index (χ0v) is 26.0. The molecule has 6 nitrogen and oxygen atoms in total. The second-order valence-electron chi connectivity index (χ2n) is 12.7. The third-order valence-electron chi connectivity index (χ3n) is 7.08. The first-order valence-corrected chi connectivity index (χ1v) is 16.3. The van der Waals surface area contributed by atoms with Crippen molar-refractivity contribution in [2.75, 3.05) is 31.3 Å². The van der Waals surface area contributed by atoms with Gasteiger partial charge in [-0.25, -0.2) is 9.18 Å². The van der Waals surface area contributed by atoms with Crippen molar-refractivity contribution in [3.05, 3.63) is 59.4 Å². The Labute approximate surface area is 230 Å². The Morgan fingerprint density at radius 1 is 1.05 bits per heavy atom. The SMILES string of the molecule is CN(CCCC(O[Si](C)(C)C(C)(C)C)c1cc(F)cc(N(C)Cc2ccccc2)c1N)C(=O)OC(C)(C)C. The van der Waals surface area contributed by atoms with Crippen LogP contribution in [0.15, 0.2) is 42.5 Å². The van der Waals surface area contributed by atoms with Crippen molar-refractivity contribution in [3.63, 3.8) is 0 Å². The number of hydrogen-bond donors (Lipinski definition) is 1. The zero-order valence-electron chi connectivity index (χ0n) is 25.0. The van der Waals surface area contributed by atoms with E-state index in [9.17, 15) is 4.79 Å². The van der Waals surface area contributed by atoms with Gasteiger partial charge in [0.2, 0.25) is 0 Å². The van der Waals surface area contributed by atoms with Gasteiger partial charge in [-0.3, -0.25) is 0 Å². The molecule has 212 valence electrons. The second-order valence-corrected chi connectivity index (χ2v) is 17.4. The molecule has 1 amide bonds. The molecule has 0 saturated carbocycles. The molecule has 2 aromatic rings. The quantitative estimate of drug-likeness (QED) is 0.244. The van der Waals surface area contributed by atoms with E-state index in [-0.39, 0.29) is 16.9 Å². The fraction of sp³-hybridized carbons (Fsp3) is 0.567. The third-order valence-corrected chi connectivity index (χ3v) is 11.6. The fourth-order valence-electron chi connectivity index (χ4n) is 3.90. The molecule has 0 bridgehead atoms. The van der Waals surface area contributed by atoms with Crippen LogP contribution in [0.5, 0.6) is 0 Å². The van der Waals surface area contributed by atoms with Crippen LogP contribution >= 0.6 is 0 Å². The summed E-state index contributed by atoms with van der Waals surface area (Å²) in [5, 5.41) is -0.0342. The van der Waals surface area contributed by atoms with Gasteiger partial charge in [0.05, 0.1) is 17.5 Å². The maximum Gasteiger partial charge on any atom is 0.410 e. The van der Waals surface area contributed by atoms with Crippen LogP contribution in [0.1, 0.15) is 71.6 Å². The van der Waals surface area contributed by atoms with Gasteiger partial charge < -0.3 is 24.7 Å². The number of halogens is 1. The van der Waals surface area contributed by atoms with Gasteiger partial charge in [-0.1, -0.05) is 51.1 Å². The fourth-order valence-corrected chi connectivity index (χ4v) is 5.21. The molecular formula is C30H48FN3O3Si. The van der Waals surface area contributed by atoms with Gasteiger partial charge in [0.25, 0.3) is 0 Å². The highest BCUT2D eigenvalue weighted by atomic mass is 28.4. The number of hydrogen-bond acceptors (Lipinski definition) is 5. The normalized spacial score (nSPS) is 13.2. The molecule has 0 aromatic heterocycles. The lowest BCUT2D eigenvalue weighted by Crippen LogP contribution is -2.42. The Kier molecular flexibility index (Phi) is 10.4. The first kappa shape index (κ1) is 31.6. The number of anilines is 2. The Morgan fingerprint density at radius 2 is 1.66 bits per heavy atom. The van der Waals surface area contributed by atoms with Crippen molar-refractivity contribution in [1.82, 2.24) is 4.90 Å². The van der Waals surface area contributed by atoms with Crippen molar-refractivity contribution >= 4 is 25.8 Å². The van der Waals surface area contributed by atoms with E-state index in [2.05, 4.69) is 33.9 Å². The molecule has 2 aromatic carbocycles. The molecular weight excluding hydrogens is 497 g/mol. The molecule has 2 rings (SSSR count). The van der Waals surface area contributed by atoms with Crippen LogP contribution in [0.25, 0.3) is 0 Å². The average Bonchev–Trinajstić information content (AvgIpc) is 2.78. The highest BCUT2D eigenvalue weighted by Crippen LogP contribution is 2.43. The Balaban J connectivity index is 2.34. The van der Waals surface area contributed by atoms with Gasteiger partial charge in [0, 0.05) is 32.7 Å². The number of amides is 1. The molecule has 2 N–H and O–H groups in total. The molecule has 0 aliphatic heterocycles. The monoisotopic (exact) mass is 545 g/mol. The molecule has 0 saturated heterocycles. The summed E-state index contributed by atoms with van der Waals surface area (Å²) in [6.07, 6.45) is 0.479. The molecule has 0 radical (unpaired) electrons. The molecule has 0 heterocycles. The minimum atomic E-state index is -2.22. The molecule has 38 heavy (non-hydrogen) atoms. The van der Waals surface area contributed by atoms with Crippen LogP contribution in [0.4, 0.5) is 20.6 Å². The molecule has 0 aliphatic carbocycles. The van der Waals surface area contributed by atoms with Gasteiger partial charge in [0.15, 0.2) is 8.32 Å². The van der Waals surface area contributed by atoms with E-state index in [0.717, 1.165) is 5.56 Å². The van der Waals surface area contributed by atoms with Crippen LogP contribution in [-0.4, -0.2) is 45.6 Å². The minimum Gasteiger partial charge on any atom is -0.444 e. The van der Waals surface area contributed by atoms with Crippen molar-refractivity contribution in [1.29, 1.82) is 0 Å². The summed E-state index contributed by atoms with van der Waals surface area (Å²) in [5.74, 6) is -0.348. The molecule has 8 heteroatoms. The molecule has 0 fully saturated rings. The van der Waals surface area contributed by atoms with Crippen molar-refractivity contribution in [2.45, 2.75) is 90.8 Å². The van der Waals surface area contributed by atoms with E-state index in [1.165, 1.54) is 12.1 Å². The second kappa shape index (κ2) is 12.5. The Morgan fingerprint density at radius 3 is 2.21 bits per heavy atom. The molecule has 0 spiro atoms. The van der Waals surface area contributed by atoms with E-state index < -0.39 is 20.0 Å². The van der Waals surface area contributed by atoms with Crippen LogP contribution < -0.4 is 10.6 Å². The smallest absolute Gasteiger partial charge is 0.410 e. The van der Waals surface area contributed by atoms with E-state index in [1.54, 1.807) is 11.9 Å². The van der Waals surface area contributed by atoms with E-state index in [1.807, 2.05) is 63.1 Å². The highest BCUT2D eigenvalue weighted by Gasteiger charge is 2.40. The molecule has 1 unspecified atom stereocenters. The maximum atomic E-state index is 15.1. The number of carbonyl (C=O) groups is 1.